The lowest BCUT2D eigenvalue weighted by Crippen LogP contribution is -2.56. The quantitative estimate of drug-likeness (QED) is 0.179. The van der Waals surface area contributed by atoms with Crippen LogP contribution < -0.4 is 19.4 Å². The molecule has 48 heavy (non-hydrogen) atoms. The summed E-state index contributed by atoms with van der Waals surface area (Å²) in [6, 6.07) is 14.5. The van der Waals surface area contributed by atoms with E-state index in [9.17, 15) is 19.5 Å². The third-order valence-electron chi connectivity index (χ3n) is 9.77. The van der Waals surface area contributed by atoms with Crippen molar-refractivity contribution in [2.24, 2.45) is 11.8 Å². The van der Waals surface area contributed by atoms with Crippen molar-refractivity contribution >= 4 is 62.5 Å². The molecule has 3 saturated heterocycles. The van der Waals surface area contributed by atoms with Gasteiger partial charge in [0.2, 0.25) is 11.8 Å². The molecule has 3 aliphatic heterocycles. The van der Waals surface area contributed by atoms with Crippen molar-refractivity contribution in [2.45, 2.75) is 54.5 Å². The number of halogens is 1. The average molecular weight is 740 g/mol. The highest BCUT2D eigenvalue weighted by molar-refractivity contribution is 9.09. The van der Waals surface area contributed by atoms with Crippen molar-refractivity contribution in [3.8, 4) is 5.75 Å². The Hall–Kier alpha value is -3.28. The number of hydrogen-bond donors (Lipinski definition) is 1. The van der Waals surface area contributed by atoms with E-state index in [4.69, 9.17) is 4.74 Å². The molecular formula is C37H47BrN4O5S. The first-order valence-electron chi connectivity index (χ1n) is 16.9. The smallest absolute Gasteiger partial charge is 0.251 e. The van der Waals surface area contributed by atoms with Crippen molar-refractivity contribution < 1.29 is 24.2 Å². The van der Waals surface area contributed by atoms with Gasteiger partial charge in [0.05, 0.1) is 23.2 Å². The first-order chi connectivity index (χ1) is 23.2. The Bertz CT molecular complexity index is 1490. The fourth-order valence-electron chi connectivity index (χ4n) is 7.72. The molecule has 9 nitrogen and oxygen atoms in total. The van der Waals surface area contributed by atoms with Crippen LogP contribution in [0.15, 0.2) is 73.8 Å². The highest BCUT2D eigenvalue weighted by atomic mass is 79.9. The molecule has 11 heteroatoms. The van der Waals surface area contributed by atoms with Crippen LogP contribution >= 0.6 is 27.7 Å². The maximum absolute atomic E-state index is 14.9. The molecular weight excluding hydrogens is 692 g/mol. The molecule has 1 N–H and O–H groups in total. The number of hydrogen-bond acceptors (Lipinski definition) is 7. The normalized spacial score (nSPS) is 25.5. The minimum Gasteiger partial charge on any atom is -0.494 e. The predicted molar refractivity (Wildman–Crippen MR) is 198 cm³/mol. The van der Waals surface area contributed by atoms with Crippen LogP contribution in [0, 0.1) is 11.8 Å². The van der Waals surface area contributed by atoms with E-state index >= 15 is 0 Å². The number of rotatable bonds is 16. The van der Waals surface area contributed by atoms with Gasteiger partial charge >= 0.3 is 0 Å². The second-order valence-electron chi connectivity index (χ2n) is 12.4. The Morgan fingerprint density at radius 1 is 0.979 bits per heavy atom. The maximum Gasteiger partial charge on any atom is 0.251 e. The molecule has 3 heterocycles. The number of aliphatic hydroxyl groups is 1. The van der Waals surface area contributed by atoms with Crippen molar-refractivity contribution in [3.63, 3.8) is 0 Å². The highest BCUT2D eigenvalue weighted by Gasteiger charge is 2.76. The number of amides is 3. The van der Waals surface area contributed by atoms with Crippen molar-refractivity contribution in [1.29, 1.82) is 0 Å². The molecule has 2 bridgehead atoms. The van der Waals surface area contributed by atoms with Gasteiger partial charge in [-0.15, -0.1) is 24.9 Å². The number of ether oxygens (including phenoxy) is 1. The third kappa shape index (κ3) is 6.41. The molecule has 5 rings (SSSR count). The van der Waals surface area contributed by atoms with Gasteiger partial charge in [0.25, 0.3) is 5.91 Å². The monoisotopic (exact) mass is 738 g/mol. The summed E-state index contributed by atoms with van der Waals surface area (Å²) in [4.78, 5) is 51.3. The maximum atomic E-state index is 14.9. The molecule has 3 fully saturated rings. The van der Waals surface area contributed by atoms with E-state index < -0.39 is 22.6 Å². The first kappa shape index (κ1) is 36.0. The molecule has 258 valence electrons. The molecule has 0 saturated carbocycles. The minimum absolute atomic E-state index is 0.0688. The minimum atomic E-state index is -0.817. The molecule has 1 spiro atoms. The molecule has 3 aliphatic rings. The van der Waals surface area contributed by atoms with Gasteiger partial charge in [-0.2, -0.15) is 0 Å². The van der Waals surface area contributed by atoms with Gasteiger partial charge in [0, 0.05) is 66.5 Å². The van der Waals surface area contributed by atoms with Crippen LogP contribution in [0.1, 0.15) is 33.6 Å². The Kier molecular flexibility index (Phi) is 11.6. The number of carbonyl (C=O) groups excluding carboxylic acids is 3. The van der Waals surface area contributed by atoms with Gasteiger partial charge in [-0.3, -0.25) is 14.4 Å². The number of carbonyl (C=O) groups is 3. The van der Waals surface area contributed by atoms with Crippen molar-refractivity contribution in [2.75, 3.05) is 60.6 Å². The molecule has 0 aliphatic carbocycles. The van der Waals surface area contributed by atoms with Crippen LogP contribution in [-0.4, -0.2) is 94.5 Å². The zero-order valence-electron chi connectivity index (χ0n) is 28.1. The van der Waals surface area contributed by atoms with Crippen LogP contribution in [0.5, 0.6) is 5.75 Å². The summed E-state index contributed by atoms with van der Waals surface area (Å²) in [5, 5.41) is 9.61. The molecule has 3 amide bonds. The number of anilines is 3. The predicted octanol–water partition coefficient (Wildman–Crippen LogP) is 5.52. The lowest BCUT2D eigenvalue weighted by Gasteiger charge is -2.38. The fraction of sp³-hybridized carbons (Fsp3) is 0.486. The number of nitrogens with zero attached hydrogens (tertiary/aromatic N) is 4. The van der Waals surface area contributed by atoms with Crippen LogP contribution in [0.25, 0.3) is 0 Å². The first-order valence-corrected chi connectivity index (χ1v) is 18.7. The van der Waals surface area contributed by atoms with Crippen molar-refractivity contribution in [1.82, 2.24) is 4.90 Å². The Balaban J connectivity index is 1.53. The number of alkyl halides is 1. The summed E-state index contributed by atoms with van der Waals surface area (Å²) in [6.45, 7) is 16.9. The van der Waals surface area contributed by atoms with E-state index in [1.165, 1.54) is 0 Å². The van der Waals surface area contributed by atoms with E-state index in [2.05, 4.69) is 47.8 Å². The second kappa shape index (κ2) is 15.5. The zero-order chi connectivity index (χ0) is 34.6. The molecule has 0 aromatic heterocycles. The summed E-state index contributed by atoms with van der Waals surface area (Å²) >= 11 is 5.49. The number of benzene rings is 2. The van der Waals surface area contributed by atoms with Gasteiger partial charge in [-0.05, 0) is 82.1 Å². The number of fused-ring (bicyclic) bond motifs is 1. The van der Waals surface area contributed by atoms with Crippen LogP contribution in [0.4, 0.5) is 17.1 Å². The zero-order valence-corrected chi connectivity index (χ0v) is 30.5. The molecule has 3 unspecified atom stereocenters. The molecule has 0 radical (unpaired) electrons. The van der Waals surface area contributed by atoms with Crippen LogP contribution in [0.3, 0.4) is 0 Å². The van der Waals surface area contributed by atoms with E-state index in [0.717, 1.165) is 24.5 Å². The number of thioether (sulfide) groups is 1. The molecule has 6 atom stereocenters. The van der Waals surface area contributed by atoms with Crippen LogP contribution in [0.2, 0.25) is 0 Å². The molecule has 2 aromatic rings. The number of aliphatic hydroxyl groups excluding tert-OH is 1. The van der Waals surface area contributed by atoms with Gasteiger partial charge in [0.15, 0.2) is 0 Å². The fourth-order valence-corrected chi connectivity index (χ4v) is 11.3. The summed E-state index contributed by atoms with van der Waals surface area (Å²) in [5.74, 6) is -1.19. The van der Waals surface area contributed by atoms with E-state index in [1.54, 1.807) is 38.6 Å². The Morgan fingerprint density at radius 3 is 2.08 bits per heavy atom. The standard InChI is InChI=1S/C37H47BrN4O5S/c1-6-20-40(27-16-18-28(19-17-27)47-10-5)34(44)30-31-35(45)42(22-11-23-43)33(37(31)24-29(38)32(30)48-37)36(46)41(21-7-2)26-14-12-25(13-15-26)39(8-3)9-4/h6-7,12-19,29-33,43H,1-2,8-11,20-24H2,3-5H3/t29?,30-,31-,32-,33?,37?/m0/s1. The summed E-state index contributed by atoms with van der Waals surface area (Å²) in [7, 11) is 0. The van der Waals surface area contributed by atoms with Gasteiger partial charge in [-0.25, -0.2) is 0 Å². The summed E-state index contributed by atoms with van der Waals surface area (Å²) in [6.07, 6.45) is 4.29. The lowest BCUT2D eigenvalue weighted by molar-refractivity contribution is -0.139. The van der Waals surface area contributed by atoms with E-state index in [1.807, 2.05) is 55.5 Å². The second-order valence-corrected chi connectivity index (χ2v) is 15.1. The van der Waals surface area contributed by atoms with E-state index in [-0.39, 0.29) is 54.0 Å². The SMILES string of the molecule is C=CCN(C(=O)C1N(CCCO)C(=O)[C@@H]2[C@H](C(=O)N(CC=C)c3ccc(OCC)cc3)[C@H]3SC12CC3Br)c1ccc(N(CC)CC)cc1. The van der Waals surface area contributed by atoms with Crippen LogP contribution in [-0.2, 0) is 14.4 Å². The largest absolute Gasteiger partial charge is 0.494 e. The Labute approximate surface area is 297 Å². The van der Waals surface area contributed by atoms with Crippen molar-refractivity contribution in [3.05, 3.63) is 73.8 Å². The average Bonchev–Trinajstić information content (AvgIpc) is 3.69. The van der Waals surface area contributed by atoms with Gasteiger partial charge < -0.3 is 29.4 Å². The lowest BCUT2D eigenvalue weighted by atomic mass is 9.70. The van der Waals surface area contributed by atoms with E-state index in [0.29, 0.717) is 30.9 Å². The van der Waals surface area contributed by atoms with Gasteiger partial charge in [-0.1, -0.05) is 28.1 Å². The summed E-state index contributed by atoms with van der Waals surface area (Å²) < 4.78 is 4.80. The highest BCUT2D eigenvalue weighted by Crippen LogP contribution is 2.68. The third-order valence-corrected chi connectivity index (χ3v) is 13.0. The summed E-state index contributed by atoms with van der Waals surface area (Å²) in [5.41, 5.74) is 2.48. The van der Waals surface area contributed by atoms with Gasteiger partial charge in [0.1, 0.15) is 11.8 Å². The Morgan fingerprint density at radius 2 is 1.54 bits per heavy atom. The molecule has 2 aromatic carbocycles. The topological polar surface area (TPSA) is 93.6 Å². The number of likely N-dealkylation sites (tertiary alicyclic amines) is 1.